The maximum atomic E-state index is 12.0. The molecule has 2 heterocycles. The van der Waals surface area contributed by atoms with Crippen LogP contribution in [0.4, 0.5) is 11.5 Å². The van der Waals surface area contributed by atoms with Crippen LogP contribution in [-0.2, 0) is 9.53 Å². The Labute approximate surface area is 145 Å². The monoisotopic (exact) mass is 344 g/mol. The van der Waals surface area contributed by atoms with E-state index in [4.69, 9.17) is 4.74 Å². The zero-order valence-corrected chi connectivity index (χ0v) is 14.4. The zero-order chi connectivity index (χ0) is 18.4. The van der Waals surface area contributed by atoms with Gasteiger partial charge in [0.2, 0.25) is 5.82 Å². The lowest BCUT2D eigenvalue weighted by atomic mass is 10.2. The maximum Gasteiger partial charge on any atom is 0.333 e. The number of aryl methyl sites for hydroxylation is 1. The Morgan fingerprint density at radius 1 is 1.20 bits per heavy atom. The lowest BCUT2D eigenvalue weighted by Crippen LogP contribution is -2.42. The molecule has 0 N–H and O–H groups in total. The van der Waals surface area contributed by atoms with Crippen molar-refractivity contribution >= 4 is 17.4 Å². The standard InChI is InChI=1S/C15H14N4O4.C2H6/c1-10-13(19(21)22)15(18-7-8-23-9-12(18)20)17-14(16-10)11-5-3-2-4-6-11;1-2/h2-6H,7-9H2,1H3;1-2H3. The minimum Gasteiger partial charge on any atom is -0.370 e. The highest BCUT2D eigenvalue weighted by molar-refractivity contribution is 5.96. The quantitative estimate of drug-likeness (QED) is 0.627. The molecule has 0 unspecified atom stereocenters. The van der Waals surface area contributed by atoms with E-state index in [2.05, 4.69) is 9.97 Å². The van der Waals surface area contributed by atoms with Crippen molar-refractivity contribution in [2.24, 2.45) is 0 Å². The summed E-state index contributed by atoms with van der Waals surface area (Å²) in [5.41, 5.74) is 0.700. The van der Waals surface area contributed by atoms with Gasteiger partial charge in [-0.2, -0.15) is 0 Å². The van der Waals surface area contributed by atoms with Gasteiger partial charge < -0.3 is 4.74 Å². The molecule has 0 radical (unpaired) electrons. The highest BCUT2D eigenvalue weighted by Crippen LogP contribution is 2.31. The van der Waals surface area contributed by atoms with Gasteiger partial charge in [-0.1, -0.05) is 44.2 Å². The number of morpholine rings is 1. The molecule has 1 aliphatic rings. The second kappa shape index (κ2) is 8.29. The number of aromatic nitrogens is 2. The number of nitro groups is 1. The first kappa shape index (κ1) is 18.5. The predicted octanol–water partition coefficient (Wildman–Crippen LogP) is 2.75. The average molecular weight is 344 g/mol. The first-order chi connectivity index (χ1) is 12.1. The van der Waals surface area contributed by atoms with Crippen molar-refractivity contribution in [2.45, 2.75) is 20.8 Å². The summed E-state index contributed by atoms with van der Waals surface area (Å²) in [6.45, 7) is 5.97. The molecule has 25 heavy (non-hydrogen) atoms. The molecule has 1 saturated heterocycles. The molecule has 0 atom stereocenters. The van der Waals surface area contributed by atoms with Crippen molar-refractivity contribution < 1.29 is 14.5 Å². The third-order valence-corrected chi connectivity index (χ3v) is 3.50. The van der Waals surface area contributed by atoms with E-state index in [1.165, 1.54) is 4.90 Å². The van der Waals surface area contributed by atoms with Crippen LogP contribution < -0.4 is 4.90 Å². The van der Waals surface area contributed by atoms with E-state index in [-0.39, 0.29) is 36.3 Å². The molecular formula is C17H20N4O4. The van der Waals surface area contributed by atoms with Crippen LogP contribution in [0.1, 0.15) is 19.5 Å². The van der Waals surface area contributed by atoms with Crippen LogP contribution >= 0.6 is 0 Å². The number of hydrogen-bond acceptors (Lipinski definition) is 6. The van der Waals surface area contributed by atoms with Crippen LogP contribution in [0, 0.1) is 17.0 Å². The maximum absolute atomic E-state index is 12.0. The van der Waals surface area contributed by atoms with E-state index < -0.39 is 4.92 Å². The normalized spacial score (nSPS) is 13.9. The summed E-state index contributed by atoms with van der Waals surface area (Å²) >= 11 is 0. The summed E-state index contributed by atoms with van der Waals surface area (Å²) in [7, 11) is 0. The van der Waals surface area contributed by atoms with E-state index in [0.29, 0.717) is 12.4 Å². The van der Waals surface area contributed by atoms with Gasteiger partial charge in [-0.05, 0) is 6.92 Å². The highest BCUT2D eigenvalue weighted by Gasteiger charge is 2.31. The van der Waals surface area contributed by atoms with Crippen molar-refractivity contribution in [1.82, 2.24) is 9.97 Å². The molecule has 1 aliphatic heterocycles. The molecule has 8 heteroatoms. The van der Waals surface area contributed by atoms with E-state index in [1.54, 1.807) is 6.92 Å². The van der Waals surface area contributed by atoms with E-state index >= 15 is 0 Å². The first-order valence-electron chi connectivity index (χ1n) is 8.04. The topological polar surface area (TPSA) is 98.5 Å². The Morgan fingerprint density at radius 3 is 2.48 bits per heavy atom. The van der Waals surface area contributed by atoms with E-state index in [1.807, 2.05) is 44.2 Å². The van der Waals surface area contributed by atoms with Crippen molar-refractivity contribution in [2.75, 3.05) is 24.7 Å². The number of carbonyl (C=O) groups excluding carboxylic acids is 1. The zero-order valence-electron chi connectivity index (χ0n) is 14.4. The summed E-state index contributed by atoms with van der Waals surface area (Å²) < 4.78 is 5.07. The Bertz CT molecular complexity index is 765. The van der Waals surface area contributed by atoms with Crippen molar-refractivity contribution in [1.29, 1.82) is 0 Å². The first-order valence-corrected chi connectivity index (χ1v) is 8.04. The third-order valence-electron chi connectivity index (χ3n) is 3.50. The van der Waals surface area contributed by atoms with Gasteiger partial charge >= 0.3 is 5.69 Å². The van der Waals surface area contributed by atoms with Gasteiger partial charge in [-0.25, -0.2) is 9.97 Å². The van der Waals surface area contributed by atoms with Gasteiger partial charge in [-0.15, -0.1) is 0 Å². The average Bonchev–Trinajstić information content (AvgIpc) is 2.63. The Morgan fingerprint density at radius 2 is 1.88 bits per heavy atom. The number of rotatable bonds is 3. The fourth-order valence-electron chi connectivity index (χ4n) is 2.41. The molecule has 0 bridgehead atoms. The fraction of sp³-hybridized carbons (Fsp3) is 0.353. The lowest BCUT2D eigenvalue weighted by Gasteiger charge is -2.26. The van der Waals surface area contributed by atoms with Crippen LogP contribution in [0.25, 0.3) is 11.4 Å². The van der Waals surface area contributed by atoms with Crippen molar-refractivity contribution in [3.05, 3.63) is 46.1 Å². The molecule has 3 rings (SSSR count). The number of amides is 1. The van der Waals surface area contributed by atoms with Crippen LogP contribution in [0.3, 0.4) is 0 Å². The minimum absolute atomic E-state index is 0.0228. The molecular weight excluding hydrogens is 324 g/mol. The summed E-state index contributed by atoms with van der Waals surface area (Å²) in [6.07, 6.45) is 0. The number of ether oxygens (including phenoxy) is 1. The molecule has 0 aliphatic carbocycles. The second-order valence-corrected chi connectivity index (χ2v) is 5.03. The number of anilines is 1. The fourth-order valence-corrected chi connectivity index (χ4v) is 2.41. The smallest absolute Gasteiger partial charge is 0.333 e. The number of nitrogens with zero attached hydrogens (tertiary/aromatic N) is 4. The summed E-state index contributed by atoms with van der Waals surface area (Å²) in [5.74, 6) is 0.0223. The van der Waals surface area contributed by atoms with Gasteiger partial charge in [0.25, 0.3) is 5.91 Å². The Balaban J connectivity index is 0.00000109. The third kappa shape index (κ3) is 3.97. The largest absolute Gasteiger partial charge is 0.370 e. The van der Waals surface area contributed by atoms with Crippen LogP contribution in [0.5, 0.6) is 0 Å². The number of benzene rings is 1. The minimum atomic E-state index is -0.553. The van der Waals surface area contributed by atoms with E-state index in [0.717, 1.165) is 5.56 Å². The lowest BCUT2D eigenvalue weighted by molar-refractivity contribution is -0.385. The molecule has 2 aromatic rings. The SMILES string of the molecule is CC.Cc1nc(-c2ccccc2)nc(N2CCOCC2=O)c1[N+](=O)[O-]. The molecule has 1 amide bonds. The Kier molecular flexibility index (Phi) is 6.13. The molecule has 1 fully saturated rings. The van der Waals surface area contributed by atoms with Gasteiger partial charge in [0.1, 0.15) is 12.3 Å². The molecule has 0 saturated carbocycles. The summed E-state index contributed by atoms with van der Waals surface area (Å²) in [5, 5.41) is 11.4. The van der Waals surface area contributed by atoms with Gasteiger partial charge in [0.05, 0.1) is 18.1 Å². The second-order valence-electron chi connectivity index (χ2n) is 5.03. The molecule has 132 valence electrons. The number of carbonyl (C=O) groups is 1. The van der Waals surface area contributed by atoms with Crippen LogP contribution in [-0.4, -0.2) is 40.6 Å². The summed E-state index contributed by atoms with van der Waals surface area (Å²) in [6, 6.07) is 9.13. The highest BCUT2D eigenvalue weighted by atomic mass is 16.6. The number of hydrogen-bond donors (Lipinski definition) is 0. The molecule has 1 aromatic carbocycles. The predicted molar refractivity (Wildman–Crippen MR) is 93.4 cm³/mol. The molecule has 0 spiro atoms. The van der Waals surface area contributed by atoms with Gasteiger partial charge in [0, 0.05) is 5.56 Å². The van der Waals surface area contributed by atoms with Crippen molar-refractivity contribution in [3.63, 3.8) is 0 Å². The van der Waals surface area contributed by atoms with Gasteiger partial charge in [-0.3, -0.25) is 19.8 Å². The molecule has 8 nitrogen and oxygen atoms in total. The van der Waals surface area contributed by atoms with Gasteiger partial charge in [0.15, 0.2) is 5.82 Å². The van der Waals surface area contributed by atoms with Crippen molar-refractivity contribution in [3.8, 4) is 11.4 Å². The Hall–Kier alpha value is -2.87. The van der Waals surface area contributed by atoms with Crippen LogP contribution in [0.2, 0.25) is 0 Å². The van der Waals surface area contributed by atoms with Crippen LogP contribution in [0.15, 0.2) is 30.3 Å². The summed E-state index contributed by atoms with van der Waals surface area (Å²) in [4.78, 5) is 32.7. The molecule has 1 aromatic heterocycles. The van der Waals surface area contributed by atoms with E-state index in [9.17, 15) is 14.9 Å².